The molecule has 2 aliphatic rings. The van der Waals surface area contributed by atoms with Crippen molar-refractivity contribution in [3.05, 3.63) is 198 Å². The maximum Gasteiger partial charge on any atom is 0.116 e. The van der Waals surface area contributed by atoms with Gasteiger partial charge in [0.05, 0.1) is 11.0 Å². The van der Waals surface area contributed by atoms with E-state index in [9.17, 15) is 0 Å². The fraction of sp³-hybridized carbons (Fsp3) is 0.125. The Kier molecular flexibility index (Phi) is 6.89. The third kappa shape index (κ3) is 4.96. The lowest BCUT2D eigenvalue weighted by molar-refractivity contribution is 0.293. The number of benzene rings is 7. The third-order valence-corrected chi connectivity index (χ3v) is 11.2. The maximum absolute atomic E-state index is 2.51. The topological polar surface area (TPSA) is 10.9 Å². The van der Waals surface area contributed by atoms with Crippen LogP contribution in [0.2, 0.25) is 0 Å². The summed E-state index contributed by atoms with van der Waals surface area (Å²) in [5.74, 6) is 0. The molecule has 1 aliphatic carbocycles. The van der Waals surface area contributed by atoms with Gasteiger partial charge in [0.15, 0.2) is 0 Å². The molecule has 0 N–H and O–H groups in total. The quantitative estimate of drug-likeness (QED) is 0.158. The molecule has 3 heteroatoms. The Bertz CT molecular complexity index is 2560. The molecule has 3 atom stereocenters. The molecule has 1 unspecified atom stereocenters. The van der Waals surface area contributed by atoms with E-state index in [1.165, 1.54) is 77.6 Å². The largest absolute Gasteiger partial charge is 0.309 e. The highest BCUT2D eigenvalue weighted by molar-refractivity contribution is 6.11. The lowest BCUT2D eigenvalue weighted by Crippen LogP contribution is -2.15. The van der Waals surface area contributed by atoms with E-state index in [1.807, 2.05) is 0 Å². The monoisotopic (exact) mass is 657 g/mol. The number of aromatic nitrogens is 1. The number of para-hydroxylation sites is 1. The molecule has 2 heterocycles. The van der Waals surface area contributed by atoms with E-state index in [-0.39, 0.29) is 11.6 Å². The summed E-state index contributed by atoms with van der Waals surface area (Å²) >= 11 is 0. The first-order chi connectivity index (χ1) is 25.0. The molecule has 0 saturated carbocycles. The highest BCUT2D eigenvalue weighted by Crippen LogP contribution is 2.51. The molecule has 51 heavy (non-hydrogen) atoms. The molecule has 0 spiro atoms. The first kappa shape index (κ1) is 30.1. The molecule has 0 bridgehead atoms. The van der Waals surface area contributed by atoms with Crippen LogP contribution in [0.3, 0.4) is 0 Å². The zero-order chi connectivity index (χ0) is 34.1. The Hall–Kier alpha value is -5.74. The molecule has 7 aromatic carbocycles. The molecule has 1 aliphatic heterocycles. The normalized spacial score (nSPS) is 18.5. The lowest BCUT2D eigenvalue weighted by Gasteiger charge is -2.21. The van der Waals surface area contributed by atoms with Crippen molar-refractivity contribution >= 4 is 21.8 Å². The Labute approximate surface area is 299 Å². The van der Waals surface area contributed by atoms with E-state index in [4.69, 9.17) is 0 Å². The number of nitrogens with zero attached hydrogens (tertiary/aromatic N) is 3. The predicted octanol–water partition coefficient (Wildman–Crippen LogP) is 11.7. The number of fused-ring (bicyclic) bond motifs is 6. The Morgan fingerprint density at radius 3 is 1.94 bits per heavy atom. The van der Waals surface area contributed by atoms with Gasteiger partial charge in [0, 0.05) is 35.0 Å². The van der Waals surface area contributed by atoms with Crippen molar-refractivity contribution in [2.24, 2.45) is 0 Å². The smallest absolute Gasteiger partial charge is 0.116 e. The number of hydrogen-bond acceptors (Lipinski definition) is 2. The second kappa shape index (κ2) is 11.7. The second-order valence-electron chi connectivity index (χ2n) is 14.7. The van der Waals surface area contributed by atoms with E-state index in [1.54, 1.807) is 0 Å². The van der Waals surface area contributed by atoms with Crippen molar-refractivity contribution in [2.45, 2.75) is 38.5 Å². The van der Waals surface area contributed by atoms with Crippen LogP contribution >= 0.6 is 0 Å². The van der Waals surface area contributed by atoms with Crippen LogP contribution in [0.5, 0.6) is 0 Å². The summed E-state index contributed by atoms with van der Waals surface area (Å²) in [6.07, 6.45) is 0.239. The van der Waals surface area contributed by atoms with Crippen LogP contribution in [-0.2, 0) is 18.5 Å². The summed E-state index contributed by atoms with van der Waals surface area (Å²) in [4.78, 5) is 0. The summed E-state index contributed by atoms with van der Waals surface area (Å²) in [7, 11) is 0. The molecule has 0 amide bonds. The van der Waals surface area contributed by atoms with Gasteiger partial charge in [-0.15, -0.1) is 0 Å². The van der Waals surface area contributed by atoms with Crippen molar-refractivity contribution in [3.8, 4) is 27.9 Å². The molecular weight excluding hydrogens is 619 g/mol. The van der Waals surface area contributed by atoms with Gasteiger partial charge in [-0.2, -0.15) is 0 Å². The molecule has 1 aromatic heterocycles. The van der Waals surface area contributed by atoms with Crippen molar-refractivity contribution in [1.82, 2.24) is 14.6 Å². The van der Waals surface area contributed by atoms with Gasteiger partial charge in [-0.25, -0.2) is 10.0 Å². The highest BCUT2D eigenvalue weighted by atomic mass is 15.9. The molecule has 1 saturated heterocycles. The van der Waals surface area contributed by atoms with E-state index >= 15 is 0 Å². The van der Waals surface area contributed by atoms with E-state index < -0.39 is 0 Å². The zero-order valence-electron chi connectivity index (χ0n) is 29.0. The molecule has 0 radical (unpaired) electrons. The van der Waals surface area contributed by atoms with Crippen LogP contribution in [0.4, 0.5) is 0 Å². The molecule has 3 nitrogen and oxygen atoms in total. The molecule has 10 rings (SSSR count). The lowest BCUT2D eigenvalue weighted by atomic mass is 9.82. The van der Waals surface area contributed by atoms with Gasteiger partial charge < -0.3 is 4.57 Å². The van der Waals surface area contributed by atoms with Gasteiger partial charge in [-0.3, -0.25) is 0 Å². The van der Waals surface area contributed by atoms with Crippen molar-refractivity contribution in [2.75, 3.05) is 0 Å². The average Bonchev–Trinajstić information content (AvgIpc) is 3.66. The molecular formula is C48H39N3. The van der Waals surface area contributed by atoms with Crippen molar-refractivity contribution < 1.29 is 0 Å². The van der Waals surface area contributed by atoms with Crippen LogP contribution in [0.1, 0.15) is 47.8 Å². The number of hydrazine groups is 1. The summed E-state index contributed by atoms with van der Waals surface area (Å²) in [6, 6.07) is 62.5. The first-order valence-electron chi connectivity index (χ1n) is 18.0. The van der Waals surface area contributed by atoms with Gasteiger partial charge >= 0.3 is 0 Å². The van der Waals surface area contributed by atoms with Gasteiger partial charge in [0.1, 0.15) is 6.17 Å². The Morgan fingerprint density at radius 1 is 0.471 bits per heavy atom. The van der Waals surface area contributed by atoms with E-state index in [2.05, 4.69) is 198 Å². The van der Waals surface area contributed by atoms with Crippen LogP contribution in [-0.4, -0.2) is 14.6 Å². The van der Waals surface area contributed by atoms with E-state index in [0.29, 0.717) is 0 Å². The maximum atomic E-state index is 2.51. The van der Waals surface area contributed by atoms with Crippen LogP contribution < -0.4 is 0 Å². The summed E-state index contributed by atoms with van der Waals surface area (Å²) in [5, 5.41) is 7.62. The summed E-state index contributed by atoms with van der Waals surface area (Å²) in [5.41, 5.74) is 15.6. The second-order valence-corrected chi connectivity index (χ2v) is 14.7. The highest BCUT2D eigenvalue weighted by Gasteiger charge is 2.45. The predicted molar refractivity (Wildman–Crippen MR) is 210 cm³/mol. The zero-order valence-corrected chi connectivity index (χ0v) is 29.0. The Balaban J connectivity index is 1.00. The van der Waals surface area contributed by atoms with Gasteiger partial charge in [0.2, 0.25) is 0 Å². The standard InChI is InChI=1S/C48H39N3/c1-48(2)43-22-11-9-20-39(43)41-29-42-40-21-10-12-23-45(40)51(46(42)30-44(41)48)38-19-13-14-34(28-38)32-50-47(37-17-7-4-8-18-37)49(50)31-33-24-26-36(27-25-33)35-15-5-3-6-16-35/h3-30,47H,31-32H2,1-2H3/t47?,49-,50+/m0/s1. The summed E-state index contributed by atoms with van der Waals surface area (Å²) in [6.45, 7) is 6.44. The first-order valence-corrected chi connectivity index (χ1v) is 18.0. The average molecular weight is 658 g/mol. The minimum atomic E-state index is -0.0553. The SMILES string of the molecule is CC1(C)c2ccccc2-c2cc3c4ccccc4n(-c4cccc(C[N@]5C(c6ccccc6)[N@]5Cc5ccc(-c6ccccc6)cc5)c4)c3cc21. The van der Waals surface area contributed by atoms with Crippen molar-refractivity contribution in [3.63, 3.8) is 0 Å². The fourth-order valence-corrected chi connectivity index (χ4v) is 8.61. The van der Waals surface area contributed by atoms with Gasteiger partial charge in [0.25, 0.3) is 0 Å². The molecule has 246 valence electrons. The molecule has 8 aromatic rings. The Morgan fingerprint density at radius 2 is 1.14 bits per heavy atom. The van der Waals surface area contributed by atoms with Gasteiger partial charge in [-0.1, -0.05) is 153 Å². The molecule has 1 fully saturated rings. The minimum absolute atomic E-state index is 0.0553. The number of hydrogen-bond donors (Lipinski definition) is 0. The van der Waals surface area contributed by atoms with Crippen molar-refractivity contribution in [1.29, 1.82) is 0 Å². The van der Waals surface area contributed by atoms with Crippen LogP contribution in [0.25, 0.3) is 49.7 Å². The number of rotatable bonds is 7. The third-order valence-electron chi connectivity index (χ3n) is 11.2. The minimum Gasteiger partial charge on any atom is -0.309 e. The van der Waals surface area contributed by atoms with E-state index in [0.717, 1.165) is 13.1 Å². The fourth-order valence-electron chi connectivity index (χ4n) is 8.61. The van der Waals surface area contributed by atoms with Crippen LogP contribution in [0.15, 0.2) is 170 Å². The van der Waals surface area contributed by atoms with Crippen LogP contribution in [0, 0.1) is 0 Å². The van der Waals surface area contributed by atoms with Gasteiger partial charge in [-0.05, 0) is 80.4 Å². The summed E-state index contributed by atoms with van der Waals surface area (Å²) < 4.78 is 2.48.